The number of pyridine rings is 1. The number of furan rings is 1. The number of aryl methyl sites for hydroxylation is 1. The first-order valence-corrected chi connectivity index (χ1v) is 10.5. The van der Waals surface area contributed by atoms with E-state index in [1.807, 2.05) is 25.1 Å². The molecule has 0 radical (unpaired) electrons. The molecule has 9 heteroatoms. The van der Waals surface area contributed by atoms with Crippen molar-refractivity contribution in [1.82, 2.24) is 29.5 Å². The van der Waals surface area contributed by atoms with E-state index in [-0.39, 0.29) is 5.95 Å². The van der Waals surface area contributed by atoms with Crippen molar-refractivity contribution in [2.45, 2.75) is 26.3 Å². The van der Waals surface area contributed by atoms with Gasteiger partial charge < -0.3 is 14.9 Å². The van der Waals surface area contributed by atoms with Gasteiger partial charge >= 0.3 is 0 Å². The second kappa shape index (κ2) is 8.44. The second-order valence-corrected chi connectivity index (χ2v) is 7.76. The third-order valence-corrected chi connectivity index (χ3v) is 5.36. The summed E-state index contributed by atoms with van der Waals surface area (Å²) in [5.74, 6) is 2.12. The number of hydrogen-bond donors (Lipinski definition) is 1. The zero-order chi connectivity index (χ0) is 21.2. The molecular weight excluding hydrogens is 394 g/mol. The monoisotopic (exact) mass is 419 g/mol. The lowest BCUT2D eigenvalue weighted by Crippen LogP contribution is -2.26. The van der Waals surface area contributed by atoms with Gasteiger partial charge in [0.05, 0.1) is 18.5 Å². The fraction of sp³-hybridized carbons (Fsp3) is 0.364. The third kappa shape index (κ3) is 4.28. The summed E-state index contributed by atoms with van der Waals surface area (Å²) >= 11 is 0. The minimum Gasteiger partial charge on any atom is -0.458 e. The first-order valence-electron chi connectivity index (χ1n) is 10.5. The van der Waals surface area contributed by atoms with Crippen molar-refractivity contribution >= 4 is 11.6 Å². The Kier molecular flexibility index (Phi) is 5.35. The van der Waals surface area contributed by atoms with E-state index in [1.54, 1.807) is 10.7 Å². The molecule has 5 heterocycles. The summed E-state index contributed by atoms with van der Waals surface area (Å²) in [4.78, 5) is 16.0. The number of anilines is 1. The maximum absolute atomic E-state index is 5.99. The predicted octanol–water partition coefficient (Wildman–Crippen LogP) is 2.48. The van der Waals surface area contributed by atoms with Crippen LogP contribution >= 0.6 is 0 Å². The smallest absolute Gasteiger partial charge is 0.224 e. The summed E-state index contributed by atoms with van der Waals surface area (Å²) in [6.45, 7) is 6.29. The van der Waals surface area contributed by atoms with Gasteiger partial charge in [0.2, 0.25) is 11.8 Å². The molecule has 0 bridgehead atoms. The van der Waals surface area contributed by atoms with Crippen LogP contribution in [0.25, 0.3) is 17.2 Å². The van der Waals surface area contributed by atoms with E-state index in [0.717, 1.165) is 62.0 Å². The van der Waals surface area contributed by atoms with Gasteiger partial charge in [-0.15, -0.1) is 0 Å². The molecule has 5 rings (SSSR count). The standard InChI is InChI=1S/C22H25N7O2/c1-15-6-7-19(31-15)21-27-22(23)26-20-16(13-24-29(20)21)12-17-4-2-5-18(25-17)14-28-8-3-10-30-11-9-28/h2,4-7,13H,3,8-12,14H2,1H3,(H2,23,26). The van der Waals surface area contributed by atoms with Crippen molar-refractivity contribution in [1.29, 1.82) is 0 Å². The van der Waals surface area contributed by atoms with E-state index in [1.165, 1.54) is 0 Å². The lowest BCUT2D eigenvalue weighted by Gasteiger charge is -2.18. The maximum atomic E-state index is 5.99. The molecule has 0 atom stereocenters. The summed E-state index contributed by atoms with van der Waals surface area (Å²) < 4.78 is 12.9. The quantitative estimate of drug-likeness (QED) is 0.526. The maximum Gasteiger partial charge on any atom is 0.224 e. The van der Waals surface area contributed by atoms with Gasteiger partial charge in [-0.25, -0.2) is 0 Å². The number of nitrogens with zero attached hydrogens (tertiary/aromatic N) is 6. The molecule has 2 N–H and O–H groups in total. The van der Waals surface area contributed by atoms with Gasteiger partial charge in [-0.1, -0.05) is 6.07 Å². The van der Waals surface area contributed by atoms with Crippen LogP contribution in [0.2, 0.25) is 0 Å². The molecule has 0 aliphatic carbocycles. The van der Waals surface area contributed by atoms with Gasteiger partial charge in [0.15, 0.2) is 11.4 Å². The van der Waals surface area contributed by atoms with Gasteiger partial charge in [-0.2, -0.15) is 19.6 Å². The van der Waals surface area contributed by atoms with Gasteiger partial charge in [0.1, 0.15) is 5.76 Å². The van der Waals surface area contributed by atoms with Crippen LogP contribution in [0.5, 0.6) is 0 Å². The summed E-state index contributed by atoms with van der Waals surface area (Å²) in [7, 11) is 0. The molecule has 1 aliphatic rings. The molecule has 0 saturated carbocycles. The first kappa shape index (κ1) is 19.7. The molecule has 160 valence electrons. The molecule has 1 fully saturated rings. The molecule has 4 aromatic heterocycles. The molecule has 31 heavy (non-hydrogen) atoms. The number of fused-ring (bicyclic) bond motifs is 1. The predicted molar refractivity (Wildman–Crippen MR) is 115 cm³/mol. The largest absolute Gasteiger partial charge is 0.458 e. The van der Waals surface area contributed by atoms with Gasteiger partial charge in [-0.3, -0.25) is 9.88 Å². The topological polar surface area (TPSA) is 108 Å². The van der Waals surface area contributed by atoms with E-state index in [4.69, 9.17) is 19.9 Å². The summed E-state index contributed by atoms with van der Waals surface area (Å²) in [5, 5.41) is 4.49. The third-order valence-electron chi connectivity index (χ3n) is 5.36. The Bertz CT molecular complexity index is 1190. The van der Waals surface area contributed by atoms with Crippen LogP contribution in [0, 0.1) is 6.92 Å². The van der Waals surface area contributed by atoms with Crippen LogP contribution < -0.4 is 5.73 Å². The lowest BCUT2D eigenvalue weighted by molar-refractivity contribution is 0.140. The fourth-order valence-corrected chi connectivity index (χ4v) is 3.87. The van der Waals surface area contributed by atoms with E-state index in [0.29, 0.717) is 23.7 Å². The average Bonchev–Trinajstić information content (AvgIpc) is 3.27. The van der Waals surface area contributed by atoms with Gasteiger partial charge in [0.25, 0.3) is 0 Å². The Morgan fingerprint density at radius 2 is 1.94 bits per heavy atom. The van der Waals surface area contributed by atoms with Crippen molar-refractivity contribution in [3.8, 4) is 11.6 Å². The SMILES string of the molecule is Cc1ccc(-c2nc(N)nc3c(Cc4cccc(CN5CCCOCC5)n4)cnn23)o1. The highest BCUT2D eigenvalue weighted by atomic mass is 16.5. The van der Waals surface area contributed by atoms with Crippen molar-refractivity contribution in [3.05, 3.63) is 59.2 Å². The minimum atomic E-state index is 0.184. The number of aromatic nitrogens is 5. The molecule has 1 saturated heterocycles. The van der Waals surface area contributed by atoms with Crippen LogP contribution in [0.1, 0.15) is 29.1 Å². The summed E-state index contributed by atoms with van der Waals surface area (Å²) in [6, 6.07) is 9.90. The lowest BCUT2D eigenvalue weighted by atomic mass is 10.1. The highest BCUT2D eigenvalue weighted by Gasteiger charge is 2.17. The average molecular weight is 419 g/mol. The zero-order valence-corrected chi connectivity index (χ0v) is 17.5. The molecule has 9 nitrogen and oxygen atoms in total. The fourth-order valence-electron chi connectivity index (χ4n) is 3.87. The van der Waals surface area contributed by atoms with Crippen molar-refractivity contribution in [2.24, 2.45) is 0 Å². The molecule has 0 spiro atoms. The van der Waals surface area contributed by atoms with Crippen LogP contribution in [-0.2, 0) is 17.7 Å². The molecular formula is C22H25N7O2. The Morgan fingerprint density at radius 1 is 1.03 bits per heavy atom. The van der Waals surface area contributed by atoms with Gasteiger partial charge in [0, 0.05) is 43.9 Å². The van der Waals surface area contributed by atoms with Crippen LogP contribution in [0.4, 0.5) is 5.95 Å². The second-order valence-electron chi connectivity index (χ2n) is 7.76. The molecule has 0 unspecified atom stereocenters. The zero-order valence-electron chi connectivity index (χ0n) is 17.5. The molecule has 0 amide bonds. The molecule has 0 aromatic carbocycles. The molecule has 4 aromatic rings. The Morgan fingerprint density at radius 3 is 2.81 bits per heavy atom. The van der Waals surface area contributed by atoms with Crippen molar-refractivity contribution in [3.63, 3.8) is 0 Å². The Hall–Kier alpha value is -3.30. The van der Waals surface area contributed by atoms with E-state index in [2.05, 4.69) is 32.1 Å². The summed E-state index contributed by atoms with van der Waals surface area (Å²) in [6.07, 6.45) is 3.46. The minimum absolute atomic E-state index is 0.184. The number of nitrogens with two attached hydrogens (primary N) is 1. The number of ether oxygens (including phenoxy) is 1. The first-order chi connectivity index (χ1) is 15.2. The van der Waals surface area contributed by atoms with Crippen LogP contribution in [0.15, 0.2) is 40.9 Å². The van der Waals surface area contributed by atoms with E-state index in [9.17, 15) is 0 Å². The van der Waals surface area contributed by atoms with Crippen LogP contribution in [-0.4, -0.2) is 55.8 Å². The Labute approximate surface area is 179 Å². The van der Waals surface area contributed by atoms with Crippen molar-refractivity contribution in [2.75, 3.05) is 32.0 Å². The van der Waals surface area contributed by atoms with E-state index >= 15 is 0 Å². The van der Waals surface area contributed by atoms with Crippen LogP contribution in [0.3, 0.4) is 0 Å². The number of rotatable bonds is 5. The van der Waals surface area contributed by atoms with E-state index < -0.39 is 0 Å². The number of nitrogen functional groups attached to an aromatic ring is 1. The highest BCUT2D eigenvalue weighted by molar-refractivity contribution is 5.59. The number of hydrogen-bond acceptors (Lipinski definition) is 8. The van der Waals surface area contributed by atoms with Gasteiger partial charge in [-0.05, 0) is 37.6 Å². The molecule has 1 aliphatic heterocycles. The Balaban J connectivity index is 1.41. The summed E-state index contributed by atoms with van der Waals surface area (Å²) in [5.41, 5.74) is 9.61. The van der Waals surface area contributed by atoms with Crippen molar-refractivity contribution < 1.29 is 9.15 Å². The normalized spacial score (nSPS) is 15.4. The highest BCUT2D eigenvalue weighted by Crippen LogP contribution is 2.23.